The molecule has 1 aromatic heterocycles. The Morgan fingerprint density at radius 1 is 0.971 bits per heavy atom. The number of aromatic amines is 1. The van der Waals surface area contributed by atoms with E-state index in [2.05, 4.69) is 46.2 Å². The minimum atomic E-state index is -1.18. The van der Waals surface area contributed by atoms with Crippen LogP contribution in [0.3, 0.4) is 0 Å². The normalized spacial score (nSPS) is 14.8. The lowest BCUT2D eigenvalue weighted by Gasteiger charge is -2.24. The lowest BCUT2D eigenvalue weighted by molar-refractivity contribution is -0.143. The molecule has 1 aromatic carbocycles. The monoisotopic (exact) mass is 509 g/mol. The van der Waals surface area contributed by atoms with Gasteiger partial charge in [0, 0.05) is 28.6 Å². The highest BCUT2D eigenvalue weighted by atomic mass is 32.1. The average Bonchev–Trinajstić information content (AvgIpc) is 3.21. The molecule has 1 heterocycles. The molecule has 4 unspecified atom stereocenters. The van der Waals surface area contributed by atoms with Gasteiger partial charge in [0.1, 0.15) is 18.1 Å². The number of hydrogen-bond donors (Lipinski definition) is 8. The van der Waals surface area contributed by atoms with Crippen LogP contribution in [0.15, 0.2) is 30.5 Å². The van der Waals surface area contributed by atoms with Crippen LogP contribution in [0, 0.1) is 5.92 Å². The average molecular weight is 510 g/mol. The second kappa shape index (κ2) is 12.7. The number of hydrogen-bond acceptors (Lipinski definition) is 7. The van der Waals surface area contributed by atoms with Gasteiger partial charge >= 0.3 is 5.97 Å². The Hall–Kier alpha value is -2.70. The lowest BCUT2D eigenvalue weighted by Crippen LogP contribution is -2.58. The Bertz CT molecular complexity index is 1030. The predicted octanol–water partition coefficient (Wildman–Crippen LogP) is 0.0923. The highest BCUT2D eigenvalue weighted by Crippen LogP contribution is 2.18. The van der Waals surface area contributed by atoms with Gasteiger partial charge < -0.3 is 31.8 Å². The molecule has 34 heavy (non-hydrogen) atoms. The zero-order valence-electron chi connectivity index (χ0n) is 18.9. The van der Waals surface area contributed by atoms with Crippen molar-refractivity contribution in [2.45, 2.75) is 44.4 Å². The van der Waals surface area contributed by atoms with Crippen LogP contribution < -0.4 is 21.7 Å². The Labute approximate surface area is 208 Å². The van der Waals surface area contributed by atoms with Crippen molar-refractivity contribution in [3.8, 4) is 0 Å². The number of aliphatic carboxylic acids is 1. The summed E-state index contributed by atoms with van der Waals surface area (Å²) in [5.41, 5.74) is 7.87. The molecule has 0 saturated carbocycles. The van der Waals surface area contributed by atoms with E-state index in [0.29, 0.717) is 0 Å². The van der Waals surface area contributed by atoms with Gasteiger partial charge in [0.15, 0.2) is 0 Å². The molecule has 0 aliphatic heterocycles. The molecule has 0 bridgehead atoms. The van der Waals surface area contributed by atoms with Crippen LogP contribution in [0.4, 0.5) is 0 Å². The fraction of sp³-hybridized carbons (Fsp3) is 0.455. The summed E-state index contributed by atoms with van der Waals surface area (Å²) in [5.74, 6) is -3.55. The van der Waals surface area contributed by atoms with Gasteiger partial charge in [-0.15, -0.1) is 0 Å². The fourth-order valence-electron chi connectivity index (χ4n) is 3.34. The molecule has 0 aliphatic rings. The van der Waals surface area contributed by atoms with Gasteiger partial charge in [0.2, 0.25) is 17.7 Å². The van der Waals surface area contributed by atoms with Gasteiger partial charge in [-0.05, 0) is 24.0 Å². The number of amides is 3. The van der Waals surface area contributed by atoms with Crippen LogP contribution >= 0.6 is 25.3 Å². The van der Waals surface area contributed by atoms with Crippen LogP contribution in [-0.2, 0) is 25.6 Å². The molecule has 0 radical (unpaired) electrons. The van der Waals surface area contributed by atoms with Crippen LogP contribution in [0.25, 0.3) is 10.9 Å². The zero-order chi connectivity index (χ0) is 25.4. The highest BCUT2D eigenvalue weighted by molar-refractivity contribution is 7.80. The minimum Gasteiger partial charge on any atom is -0.480 e. The number of thiol groups is 2. The summed E-state index contributed by atoms with van der Waals surface area (Å²) in [4.78, 5) is 52.3. The minimum absolute atomic E-state index is 0.0396. The van der Waals surface area contributed by atoms with Crippen molar-refractivity contribution in [2.75, 3.05) is 11.5 Å². The largest absolute Gasteiger partial charge is 0.480 e. The van der Waals surface area contributed by atoms with Gasteiger partial charge in [0.05, 0.1) is 6.04 Å². The number of carboxylic acids is 1. The Morgan fingerprint density at radius 2 is 1.53 bits per heavy atom. The molecule has 2 aromatic rings. The molecule has 3 amide bonds. The summed E-state index contributed by atoms with van der Waals surface area (Å²) in [6.45, 7) is 3.30. The van der Waals surface area contributed by atoms with Crippen LogP contribution in [0.1, 0.15) is 19.4 Å². The van der Waals surface area contributed by atoms with E-state index in [1.54, 1.807) is 20.0 Å². The Balaban J connectivity index is 1.98. The van der Waals surface area contributed by atoms with Gasteiger partial charge in [-0.1, -0.05) is 32.0 Å². The third-order valence-corrected chi connectivity index (χ3v) is 6.04. The smallest absolute Gasteiger partial charge is 0.326 e. The van der Waals surface area contributed by atoms with Crippen LogP contribution in [0.5, 0.6) is 0 Å². The molecule has 2 rings (SSSR count). The first kappa shape index (κ1) is 27.5. The van der Waals surface area contributed by atoms with Gasteiger partial charge in [0.25, 0.3) is 0 Å². The number of carbonyl (C=O) groups excluding carboxylic acids is 3. The van der Waals surface area contributed by atoms with E-state index in [0.717, 1.165) is 16.5 Å². The number of aromatic nitrogens is 1. The zero-order valence-corrected chi connectivity index (χ0v) is 20.7. The molecule has 7 N–H and O–H groups in total. The standard InChI is InChI=1S/C22H31N5O5S2/c1-11(2)18(22(31)32)27-21(30)17(10-34)26-20(29)16(9-33)25-19(28)14(23)7-12-8-24-15-6-4-3-5-13(12)15/h3-6,8,11,14,16-18,24,33-34H,7,9-10,23H2,1-2H3,(H,25,28)(H,26,29)(H,27,30)(H,31,32). The van der Waals surface area contributed by atoms with E-state index >= 15 is 0 Å². The van der Waals surface area contributed by atoms with E-state index in [9.17, 15) is 24.3 Å². The van der Waals surface area contributed by atoms with E-state index in [4.69, 9.17) is 5.73 Å². The Morgan fingerprint density at radius 3 is 2.09 bits per heavy atom. The molecule has 12 heteroatoms. The first-order valence-electron chi connectivity index (χ1n) is 10.7. The van der Waals surface area contributed by atoms with Crippen molar-refractivity contribution >= 4 is 59.9 Å². The van der Waals surface area contributed by atoms with Crippen molar-refractivity contribution in [1.82, 2.24) is 20.9 Å². The molecule has 0 spiro atoms. The van der Waals surface area contributed by atoms with Crippen molar-refractivity contribution in [3.63, 3.8) is 0 Å². The molecular weight excluding hydrogens is 478 g/mol. The quantitative estimate of drug-likeness (QED) is 0.189. The number of carboxylic acid groups (broad SMARTS) is 1. The first-order valence-corrected chi connectivity index (χ1v) is 12.0. The van der Waals surface area contributed by atoms with Crippen LogP contribution in [0.2, 0.25) is 0 Å². The summed E-state index contributed by atoms with van der Waals surface area (Å²) in [7, 11) is 0. The number of benzene rings is 1. The number of para-hydroxylation sites is 1. The molecule has 186 valence electrons. The maximum absolute atomic E-state index is 12.7. The van der Waals surface area contributed by atoms with Crippen molar-refractivity contribution in [3.05, 3.63) is 36.0 Å². The molecule has 0 fully saturated rings. The summed E-state index contributed by atoms with van der Waals surface area (Å²) < 4.78 is 0. The highest BCUT2D eigenvalue weighted by Gasteiger charge is 2.30. The number of nitrogens with one attached hydrogen (secondary N) is 4. The first-order chi connectivity index (χ1) is 16.1. The third-order valence-electron chi connectivity index (χ3n) is 5.31. The Kier molecular flexibility index (Phi) is 10.3. The fourth-order valence-corrected chi connectivity index (χ4v) is 3.85. The molecule has 4 atom stereocenters. The summed E-state index contributed by atoms with van der Waals surface area (Å²) in [6.07, 6.45) is 2.04. The third kappa shape index (κ3) is 7.15. The number of H-pyrrole nitrogens is 1. The maximum atomic E-state index is 12.7. The van der Waals surface area contributed by atoms with E-state index in [-0.39, 0.29) is 23.8 Å². The molecule has 10 nitrogen and oxygen atoms in total. The summed E-state index contributed by atoms with van der Waals surface area (Å²) in [5, 5.41) is 17.7. The predicted molar refractivity (Wildman–Crippen MR) is 136 cm³/mol. The molecule has 0 aliphatic carbocycles. The number of fused-ring (bicyclic) bond motifs is 1. The van der Waals surface area contributed by atoms with Crippen molar-refractivity contribution in [2.24, 2.45) is 11.7 Å². The van der Waals surface area contributed by atoms with E-state index in [1.165, 1.54) is 0 Å². The SMILES string of the molecule is CC(C)C(NC(=O)C(CS)NC(=O)C(CS)NC(=O)C(N)Cc1c[nH]c2ccccc12)C(=O)O. The summed E-state index contributed by atoms with van der Waals surface area (Å²) in [6, 6.07) is 3.44. The summed E-state index contributed by atoms with van der Waals surface area (Å²) >= 11 is 8.21. The maximum Gasteiger partial charge on any atom is 0.326 e. The van der Waals surface area contributed by atoms with Crippen molar-refractivity contribution < 1.29 is 24.3 Å². The lowest BCUT2D eigenvalue weighted by atomic mass is 10.0. The van der Waals surface area contributed by atoms with Gasteiger partial charge in [-0.25, -0.2) is 4.79 Å². The topological polar surface area (TPSA) is 166 Å². The van der Waals surface area contributed by atoms with Crippen LogP contribution in [-0.4, -0.2) is 69.5 Å². The van der Waals surface area contributed by atoms with Gasteiger partial charge in [-0.2, -0.15) is 25.3 Å². The second-order valence-electron chi connectivity index (χ2n) is 8.23. The van der Waals surface area contributed by atoms with Crippen molar-refractivity contribution in [1.29, 1.82) is 0 Å². The number of carbonyl (C=O) groups is 4. The molecule has 0 saturated heterocycles. The van der Waals surface area contributed by atoms with Gasteiger partial charge in [-0.3, -0.25) is 14.4 Å². The second-order valence-corrected chi connectivity index (χ2v) is 8.96. The van der Waals surface area contributed by atoms with E-state index in [1.807, 2.05) is 24.3 Å². The number of rotatable bonds is 12. The van der Waals surface area contributed by atoms with E-state index < -0.39 is 47.9 Å². The number of nitrogens with two attached hydrogens (primary N) is 1. The molecular formula is C22H31N5O5S2.